The molecule has 4 heteroatoms. The molecule has 112 valence electrons. The van der Waals surface area contributed by atoms with Gasteiger partial charge in [-0.25, -0.2) is 0 Å². The lowest BCUT2D eigenvalue weighted by atomic mass is 9.78. The molecular weight excluding hydrogens is 295 g/mol. The SMILES string of the molecule is CCOC1(C(O)Cc2c(Cl)cccc2Cl)CCCCC1. The van der Waals surface area contributed by atoms with Gasteiger partial charge in [-0.05, 0) is 37.5 Å². The second-order valence-corrected chi connectivity index (χ2v) is 6.29. The van der Waals surface area contributed by atoms with Gasteiger partial charge in [0.05, 0.1) is 11.7 Å². The molecule has 1 N–H and O–H groups in total. The smallest absolute Gasteiger partial charge is 0.0943 e. The van der Waals surface area contributed by atoms with Crippen molar-refractivity contribution < 1.29 is 9.84 Å². The molecule has 1 atom stereocenters. The Hall–Kier alpha value is -0.280. The summed E-state index contributed by atoms with van der Waals surface area (Å²) in [7, 11) is 0. The number of rotatable bonds is 5. The molecule has 20 heavy (non-hydrogen) atoms. The molecule has 0 heterocycles. The third-order valence-corrected chi connectivity index (χ3v) is 4.91. The Labute approximate surface area is 131 Å². The van der Waals surface area contributed by atoms with E-state index in [1.807, 2.05) is 25.1 Å². The summed E-state index contributed by atoms with van der Waals surface area (Å²) in [4.78, 5) is 0. The fraction of sp³-hybridized carbons (Fsp3) is 0.625. The summed E-state index contributed by atoms with van der Waals surface area (Å²) in [6.45, 7) is 2.60. The van der Waals surface area contributed by atoms with Crippen molar-refractivity contribution >= 4 is 23.2 Å². The quantitative estimate of drug-likeness (QED) is 0.857. The Morgan fingerprint density at radius 1 is 1.20 bits per heavy atom. The number of benzene rings is 1. The minimum Gasteiger partial charge on any atom is -0.390 e. The first-order valence-electron chi connectivity index (χ1n) is 7.34. The highest BCUT2D eigenvalue weighted by Crippen LogP contribution is 2.37. The van der Waals surface area contributed by atoms with Crippen molar-refractivity contribution in [1.82, 2.24) is 0 Å². The minimum absolute atomic E-state index is 0.435. The van der Waals surface area contributed by atoms with Gasteiger partial charge in [0, 0.05) is 23.1 Å². The average molecular weight is 317 g/mol. The lowest BCUT2D eigenvalue weighted by Gasteiger charge is -2.41. The lowest BCUT2D eigenvalue weighted by molar-refractivity contribution is -0.138. The second kappa shape index (κ2) is 7.13. The minimum atomic E-state index is -0.569. The van der Waals surface area contributed by atoms with E-state index in [1.54, 1.807) is 0 Å². The maximum absolute atomic E-state index is 10.7. The average Bonchev–Trinajstić information content (AvgIpc) is 2.44. The number of ether oxygens (including phenoxy) is 1. The van der Waals surface area contributed by atoms with Gasteiger partial charge in [0.25, 0.3) is 0 Å². The molecule has 1 unspecified atom stereocenters. The monoisotopic (exact) mass is 316 g/mol. The van der Waals surface area contributed by atoms with E-state index >= 15 is 0 Å². The van der Waals surface area contributed by atoms with Gasteiger partial charge in [-0.2, -0.15) is 0 Å². The van der Waals surface area contributed by atoms with E-state index in [9.17, 15) is 5.11 Å². The first-order chi connectivity index (χ1) is 9.59. The highest BCUT2D eigenvalue weighted by molar-refractivity contribution is 6.36. The van der Waals surface area contributed by atoms with Crippen molar-refractivity contribution in [2.24, 2.45) is 0 Å². The molecule has 0 bridgehead atoms. The molecule has 0 saturated heterocycles. The third kappa shape index (κ3) is 3.48. The second-order valence-electron chi connectivity index (χ2n) is 5.48. The van der Waals surface area contributed by atoms with Gasteiger partial charge in [-0.3, -0.25) is 0 Å². The molecule has 0 aromatic heterocycles. The van der Waals surface area contributed by atoms with Crippen LogP contribution in [-0.2, 0) is 11.2 Å². The maximum atomic E-state index is 10.7. The summed E-state index contributed by atoms with van der Waals surface area (Å²) >= 11 is 12.4. The van der Waals surface area contributed by atoms with E-state index < -0.39 is 11.7 Å². The van der Waals surface area contributed by atoms with E-state index in [2.05, 4.69) is 0 Å². The van der Waals surface area contributed by atoms with Crippen LogP contribution >= 0.6 is 23.2 Å². The summed E-state index contributed by atoms with van der Waals surface area (Å²) in [5.41, 5.74) is 0.378. The largest absolute Gasteiger partial charge is 0.390 e. The van der Waals surface area contributed by atoms with Crippen LogP contribution in [0.2, 0.25) is 10.0 Å². The Bertz CT molecular complexity index is 416. The Balaban J connectivity index is 2.18. The number of halogens is 2. The van der Waals surface area contributed by atoms with Crippen molar-refractivity contribution in [2.75, 3.05) is 6.61 Å². The van der Waals surface area contributed by atoms with E-state index in [1.165, 1.54) is 6.42 Å². The zero-order valence-corrected chi connectivity index (χ0v) is 13.4. The van der Waals surface area contributed by atoms with E-state index in [-0.39, 0.29) is 0 Å². The van der Waals surface area contributed by atoms with Gasteiger partial charge in [0.15, 0.2) is 0 Å². The first kappa shape index (κ1) is 16.1. The van der Waals surface area contributed by atoms with Gasteiger partial charge >= 0.3 is 0 Å². The highest BCUT2D eigenvalue weighted by Gasteiger charge is 2.40. The number of hydrogen-bond donors (Lipinski definition) is 1. The topological polar surface area (TPSA) is 29.5 Å². The van der Waals surface area contributed by atoms with E-state index in [4.69, 9.17) is 27.9 Å². The van der Waals surface area contributed by atoms with Crippen molar-refractivity contribution in [3.63, 3.8) is 0 Å². The lowest BCUT2D eigenvalue weighted by Crippen LogP contribution is -2.47. The summed E-state index contributed by atoms with van der Waals surface area (Å²) < 4.78 is 5.95. The van der Waals surface area contributed by atoms with Gasteiger partial charge in [-0.15, -0.1) is 0 Å². The summed E-state index contributed by atoms with van der Waals surface area (Å²) in [6.07, 6.45) is 5.11. The fourth-order valence-corrected chi connectivity index (χ4v) is 3.67. The first-order valence-corrected chi connectivity index (χ1v) is 8.09. The van der Waals surface area contributed by atoms with Crippen LogP contribution in [0.3, 0.4) is 0 Å². The standard InChI is InChI=1S/C16H22Cl2O2/c1-2-20-16(9-4-3-5-10-16)15(19)11-12-13(17)7-6-8-14(12)18/h6-8,15,19H,2-5,9-11H2,1H3. The van der Waals surface area contributed by atoms with Crippen molar-refractivity contribution in [3.05, 3.63) is 33.8 Å². The summed E-state index contributed by atoms with van der Waals surface area (Å²) in [6, 6.07) is 5.44. The predicted molar refractivity (Wildman–Crippen MR) is 83.6 cm³/mol. The molecule has 2 nitrogen and oxygen atoms in total. The normalized spacial score (nSPS) is 19.8. The van der Waals surface area contributed by atoms with Crippen LogP contribution in [0, 0.1) is 0 Å². The van der Waals surface area contributed by atoms with Crippen LogP contribution in [0.15, 0.2) is 18.2 Å². The zero-order chi connectivity index (χ0) is 14.6. The molecule has 0 aliphatic heterocycles. The molecule has 0 spiro atoms. The molecular formula is C16H22Cl2O2. The Morgan fingerprint density at radius 2 is 1.80 bits per heavy atom. The molecule has 2 rings (SSSR count). The van der Waals surface area contributed by atoms with Gasteiger partial charge < -0.3 is 9.84 Å². The van der Waals surface area contributed by atoms with Crippen LogP contribution in [0.1, 0.15) is 44.6 Å². The highest BCUT2D eigenvalue weighted by atomic mass is 35.5. The molecule has 1 saturated carbocycles. The molecule has 0 radical (unpaired) electrons. The van der Waals surface area contributed by atoms with Gasteiger partial charge in [-0.1, -0.05) is 48.5 Å². The van der Waals surface area contributed by atoms with E-state index in [0.717, 1.165) is 31.2 Å². The fourth-order valence-electron chi connectivity index (χ4n) is 3.12. The molecule has 1 aliphatic carbocycles. The van der Waals surface area contributed by atoms with Crippen LogP contribution < -0.4 is 0 Å². The van der Waals surface area contributed by atoms with Crippen LogP contribution in [-0.4, -0.2) is 23.4 Å². The van der Waals surface area contributed by atoms with E-state index in [0.29, 0.717) is 23.1 Å². The molecule has 1 aliphatic rings. The van der Waals surface area contributed by atoms with Crippen molar-refractivity contribution in [3.8, 4) is 0 Å². The Morgan fingerprint density at radius 3 is 2.35 bits per heavy atom. The molecule has 1 fully saturated rings. The van der Waals surface area contributed by atoms with Gasteiger partial charge in [0.2, 0.25) is 0 Å². The van der Waals surface area contributed by atoms with Crippen molar-refractivity contribution in [1.29, 1.82) is 0 Å². The van der Waals surface area contributed by atoms with Crippen LogP contribution in [0.25, 0.3) is 0 Å². The predicted octanol–water partition coefficient (Wildman–Crippen LogP) is 4.64. The van der Waals surface area contributed by atoms with Crippen molar-refractivity contribution in [2.45, 2.75) is 57.2 Å². The maximum Gasteiger partial charge on any atom is 0.0943 e. The zero-order valence-electron chi connectivity index (χ0n) is 11.9. The van der Waals surface area contributed by atoms with Gasteiger partial charge in [0.1, 0.15) is 0 Å². The summed E-state index contributed by atoms with van der Waals surface area (Å²) in [5, 5.41) is 11.9. The molecule has 1 aromatic carbocycles. The number of aliphatic hydroxyl groups excluding tert-OH is 1. The molecule has 1 aromatic rings. The number of hydrogen-bond acceptors (Lipinski definition) is 2. The Kier molecular flexibility index (Phi) is 5.74. The molecule has 0 amide bonds. The number of aliphatic hydroxyl groups is 1. The van der Waals surface area contributed by atoms with Crippen LogP contribution in [0.4, 0.5) is 0 Å². The third-order valence-electron chi connectivity index (χ3n) is 4.20. The summed E-state index contributed by atoms with van der Waals surface area (Å²) in [5.74, 6) is 0. The van der Waals surface area contributed by atoms with Crippen LogP contribution in [0.5, 0.6) is 0 Å².